The highest BCUT2D eigenvalue weighted by atomic mass is 15.3. The van der Waals surface area contributed by atoms with Gasteiger partial charge in [0.1, 0.15) is 0 Å². The van der Waals surface area contributed by atoms with Crippen molar-refractivity contribution in [2.75, 3.05) is 26.7 Å². The van der Waals surface area contributed by atoms with Gasteiger partial charge in [0.05, 0.1) is 26.7 Å². The summed E-state index contributed by atoms with van der Waals surface area (Å²) in [5.74, 6) is 0. The van der Waals surface area contributed by atoms with E-state index in [0.29, 0.717) is 0 Å². The van der Waals surface area contributed by atoms with Crippen molar-refractivity contribution in [2.45, 2.75) is 144 Å². The first-order valence-corrected chi connectivity index (χ1v) is 12.5. The zero-order chi connectivity index (χ0) is 19.3. The number of quaternary nitrogens is 1. The normalized spacial score (nSPS) is 11.6. The third kappa shape index (κ3) is 20.5. The van der Waals surface area contributed by atoms with Crippen LogP contribution in [0.1, 0.15) is 144 Å². The maximum Gasteiger partial charge on any atom is 0.0784 e. The van der Waals surface area contributed by atoms with Crippen LogP contribution >= 0.6 is 0 Å². The first-order chi connectivity index (χ1) is 12.7. The zero-order valence-electron chi connectivity index (χ0n) is 19.3. The molecule has 0 rings (SSSR count). The molecule has 0 radical (unpaired) electrons. The molecule has 0 N–H and O–H groups in total. The monoisotopic (exact) mass is 384 g/mol. The lowest BCUT2D eigenvalue weighted by molar-refractivity contribution is -0.910. The standard InChI is InChI=1S/C25H54N.CH4/c1-5-8-11-14-17-20-23-26(4,24-21-18-15-12-9-6-2)25-22-19-16-13-10-7-3;/h5-25H2,1-4H3;1H4/q+1;. The van der Waals surface area contributed by atoms with Crippen LogP contribution < -0.4 is 0 Å². The summed E-state index contributed by atoms with van der Waals surface area (Å²) in [4.78, 5) is 0. The Morgan fingerprint density at radius 2 is 0.593 bits per heavy atom. The molecular formula is C26H58N+. The van der Waals surface area contributed by atoms with Gasteiger partial charge in [-0.25, -0.2) is 0 Å². The SMILES string of the molecule is C.CCCCCCCC[N+](C)(CCCCCCCC)CCCCCCCC. The summed E-state index contributed by atoms with van der Waals surface area (Å²) in [5, 5.41) is 0. The fourth-order valence-electron chi connectivity index (χ4n) is 4.16. The van der Waals surface area contributed by atoms with Gasteiger partial charge in [0.25, 0.3) is 0 Å². The Balaban J connectivity index is 0. The van der Waals surface area contributed by atoms with Crippen LogP contribution in [-0.4, -0.2) is 31.2 Å². The maximum absolute atomic E-state index is 2.56. The molecule has 0 heterocycles. The Morgan fingerprint density at radius 3 is 0.852 bits per heavy atom. The topological polar surface area (TPSA) is 0 Å². The fraction of sp³-hybridized carbons (Fsp3) is 1.00. The minimum Gasteiger partial charge on any atom is -0.326 e. The molecule has 0 amide bonds. The summed E-state index contributed by atoms with van der Waals surface area (Å²) in [6.07, 6.45) is 25.9. The molecule has 0 spiro atoms. The van der Waals surface area contributed by atoms with E-state index < -0.39 is 0 Å². The molecule has 0 aromatic carbocycles. The van der Waals surface area contributed by atoms with Crippen LogP contribution in [0, 0.1) is 0 Å². The zero-order valence-corrected chi connectivity index (χ0v) is 19.3. The minimum atomic E-state index is 0. The Morgan fingerprint density at radius 1 is 0.370 bits per heavy atom. The molecule has 0 saturated carbocycles. The van der Waals surface area contributed by atoms with Gasteiger partial charge in [-0.2, -0.15) is 0 Å². The Kier molecular flexibility index (Phi) is 24.0. The van der Waals surface area contributed by atoms with Gasteiger partial charge in [-0.15, -0.1) is 0 Å². The van der Waals surface area contributed by atoms with Crippen molar-refractivity contribution >= 4 is 0 Å². The van der Waals surface area contributed by atoms with Crippen molar-refractivity contribution in [3.05, 3.63) is 0 Å². The van der Waals surface area contributed by atoms with E-state index in [1.165, 1.54) is 140 Å². The number of unbranched alkanes of at least 4 members (excludes halogenated alkanes) is 15. The summed E-state index contributed by atoms with van der Waals surface area (Å²) >= 11 is 0. The molecule has 166 valence electrons. The molecule has 0 aliphatic carbocycles. The summed E-state index contributed by atoms with van der Waals surface area (Å²) in [7, 11) is 2.56. The van der Waals surface area contributed by atoms with Crippen LogP contribution in [0.5, 0.6) is 0 Å². The van der Waals surface area contributed by atoms with Crippen LogP contribution in [0.2, 0.25) is 0 Å². The third-order valence-electron chi connectivity index (χ3n) is 6.15. The van der Waals surface area contributed by atoms with E-state index in [2.05, 4.69) is 27.8 Å². The lowest BCUT2D eigenvalue weighted by atomic mass is 10.1. The van der Waals surface area contributed by atoms with Gasteiger partial charge in [0, 0.05) is 0 Å². The van der Waals surface area contributed by atoms with Gasteiger partial charge in [-0.05, 0) is 38.5 Å². The molecule has 0 aliphatic rings. The largest absolute Gasteiger partial charge is 0.326 e. The molecule has 0 aromatic rings. The molecule has 0 atom stereocenters. The van der Waals surface area contributed by atoms with E-state index in [-0.39, 0.29) is 7.43 Å². The first-order valence-electron chi connectivity index (χ1n) is 12.5. The van der Waals surface area contributed by atoms with Crippen LogP contribution in [0.3, 0.4) is 0 Å². The lowest BCUT2D eigenvalue weighted by Crippen LogP contribution is -2.46. The second-order valence-corrected chi connectivity index (χ2v) is 9.09. The maximum atomic E-state index is 2.56. The first kappa shape index (κ1) is 29.2. The van der Waals surface area contributed by atoms with E-state index in [1.807, 2.05) is 0 Å². The van der Waals surface area contributed by atoms with Crippen LogP contribution in [0.15, 0.2) is 0 Å². The number of hydrogen-bond acceptors (Lipinski definition) is 0. The highest BCUT2D eigenvalue weighted by Crippen LogP contribution is 2.16. The summed E-state index contributed by atoms with van der Waals surface area (Å²) in [6, 6.07) is 0. The number of rotatable bonds is 21. The number of hydrogen-bond donors (Lipinski definition) is 0. The van der Waals surface area contributed by atoms with Gasteiger partial charge in [0.15, 0.2) is 0 Å². The minimum absolute atomic E-state index is 0. The molecule has 0 unspecified atom stereocenters. The van der Waals surface area contributed by atoms with Crippen molar-refractivity contribution in [3.63, 3.8) is 0 Å². The van der Waals surface area contributed by atoms with Crippen molar-refractivity contribution < 1.29 is 4.48 Å². The molecule has 0 fully saturated rings. The van der Waals surface area contributed by atoms with Gasteiger partial charge in [-0.1, -0.05) is 105 Å². The highest BCUT2D eigenvalue weighted by Gasteiger charge is 2.20. The molecule has 0 bridgehead atoms. The molecule has 27 heavy (non-hydrogen) atoms. The van der Waals surface area contributed by atoms with Crippen molar-refractivity contribution in [3.8, 4) is 0 Å². The summed E-state index contributed by atoms with van der Waals surface area (Å²) < 4.78 is 1.36. The van der Waals surface area contributed by atoms with Gasteiger partial charge in [-0.3, -0.25) is 0 Å². The molecule has 0 aromatic heterocycles. The van der Waals surface area contributed by atoms with Crippen molar-refractivity contribution in [1.29, 1.82) is 0 Å². The van der Waals surface area contributed by atoms with E-state index in [1.54, 1.807) is 0 Å². The van der Waals surface area contributed by atoms with Gasteiger partial charge < -0.3 is 4.48 Å². The van der Waals surface area contributed by atoms with Crippen LogP contribution in [-0.2, 0) is 0 Å². The smallest absolute Gasteiger partial charge is 0.0784 e. The van der Waals surface area contributed by atoms with E-state index in [4.69, 9.17) is 0 Å². The highest BCUT2D eigenvalue weighted by molar-refractivity contribution is 4.51. The van der Waals surface area contributed by atoms with Gasteiger partial charge >= 0.3 is 0 Å². The Bertz CT molecular complexity index is 220. The second-order valence-electron chi connectivity index (χ2n) is 9.09. The summed E-state index contributed by atoms with van der Waals surface area (Å²) in [5.41, 5.74) is 0. The van der Waals surface area contributed by atoms with Crippen LogP contribution in [0.4, 0.5) is 0 Å². The van der Waals surface area contributed by atoms with E-state index in [0.717, 1.165) is 0 Å². The van der Waals surface area contributed by atoms with Crippen molar-refractivity contribution in [2.24, 2.45) is 0 Å². The molecular weight excluding hydrogens is 326 g/mol. The van der Waals surface area contributed by atoms with Gasteiger partial charge in [0.2, 0.25) is 0 Å². The lowest BCUT2D eigenvalue weighted by Gasteiger charge is -2.35. The van der Waals surface area contributed by atoms with Crippen molar-refractivity contribution in [1.82, 2.24) is 0 Å². The Labute approximate surface area is 175 Å². The average Bonchev–Trinajstić information content (AvgIpc) is 2.64. The third-order valence-corrected chi connectivity index (χ3v) is 6.15. The van der Waals surface area contributed by atoms with E-state index in [9.17, 15) is 0 Å². The quantitative estimate of drug-likeness (QED) is 0.137. The molecule has 0 saturated heterocycles. The molecule has 0 aliphatic heterocycles. The predicted octanol–water partition coefficient (Wildman–Crippen LogP) is 9.15. The summed E-state index contributed by atoms with van der Waals surface area (Å²) in [6.45, 7) is 11.2. The average molecular weight is 385 g/mol. The Hall–Kier alpha value is -0.0400. The predicted molar refractivity (Wildman–Crippen MR) is 128 cm³/mol. The fourth-order valence-corrected chi connectivity index (χ4v) is 4.16. The molecule has 1 nitrogen and oxygen atoms in total. The van der Waals surface area contributed by atoms with Crippen LogP contribution in [0.25, 0.3) is 0 Å². The molecule has 1 heteroatoms. The van der Waals surface area contributed by atoms with E-state index >= 15 is 0 Å². The second kappa shape index (κ2) is 22.3. The number of nitrogens with zero attached hydrogens (tertiary/aromatic N) is 1.